The molecule has 0 aromatic heterocycles. The molecule has 1 heteroatoms. The van der Waals surface area contributed by atoms with Crippen LogP contribution in [0.2, 0.25) is 0 Å². The largest absolute Gasteiger partial charge is 0.379 e. The quantitative estimate of drug-likeness (QED) is 0.445. The highest BCUT2D eigenvalue weighted by molar-refractivity contribution is 4.89. The maximum Gasteiger partial charge on any atom is 0.0171 e. The summed E-state index contributed by atoms with van der Waals surface area (Å²) >= 11 is 0. The van der Waals surface area contributed by atoms with Gasteiger partial charge in [-0.3, -0.25) is 0 Å². The molecule has 0 heterocycles. The maximum atomic E-state index is 3.99. The Bertz CT molecular complexity index is 236. The van der Waals surface area contributed by atoms with Crippen molar-refractivity contribution in [2.75, 3.05) is 13.6 Å². The van der Waals surface area contributed by atoms with Gasteiger partial charge in [-0.25, -0.2) is 0 Å². The van der Waals surface area contributed by atoms with E-state index in [1.807, 2.05) is 0 Å². The van der Waals surface area contributed by atoms with Crippen LogP contribution in [0.3, 0.4) is 0 Å². The van der Waals surface area contributed by atoms with Crippen LogP contribution in [-0.2, 0) is 0 Å². The fourth-order valence-corrected chi connectivity index (χ4v) is 2.93. The molecule has 0 aliphatic heterocycles. The highest BCUT2D eigenvalue weighted by atomic mass is 15.1. The zero-order valence-corrected chi connectivity index (χ0v) is 13.1. The molecule has 0 rings (SSSR count). The van der Waals surface area contributed by atoms with Crippen LogP contribution in [0.1, 0.15) is 65.7 Å². The van der Waals surface area contributed by atoms with E-state index >= 15 is 0 Å². The van der Waals surface area contributed by atoms with E-state index in [2.05, 4.69) is 52.0 Å². The molecule has 0 spiro atoms. The molecular formula is C17H33N. The highest BCUT2D eigenvalue weighted by Crippen LogP contribution is 2.38. The Morgan fingerprint density at radius 2 is 1.72 bits per heavy atom. The first-order chi connectivity index (χ1) is 8.51. The Morgan fingerprint density at radius 3 is 2.11 bits per heavy atom. The molecule has 0 N–H and O–H groups in total. The minimum Gasteiger partial charge on any atom is -0.379 e. The van der Waals surface area contributed by atoms with Crippen molar-refractivity contribution in [1.29, 1.82) is 0 Å². The van der Waals surface area contributed by atoms with Crippen molar-refractivity contribution in [3.8, 4) is 0 Å². The first-order valence-corrected chi connectivity index (χ1v) is 7.49. The molecule has 0 aliphatic carbocycles. The number of hydrogen-bond donors (Lipinski definition) is 0. The Morgan fingerprint density at radius 1 is 1.17 bits per heavy atom. The third-order valence-corrected chi connectivity index (χ3v) is 3.99. The van der Waals surface area contributed by atoms with Crippen LogP contribution in [0.5, 0.6) is 0 Å². The molecule has 0 unspecified atom stereocenters. The molecule has 0 aromatic rings. The lowest BCUT2D eigenvalue weighted by Gasteiger charge is -2.33. The van der Waals surface area contributed by atoms with E-state index in [1.165, 1.54) is 44.9 Å². The molecule has 0 saturated carbocycles. The minimum absolute atomic E-state index is 0.501. The van der Waals surface area contributed by atoms with Crippen molar-refractivity contribution in [2.24, 2.45) is 5.41 Å². The predicted octanol–water partition coefficient (Wildman–Crippen LogP) is 5.39. The smallest absolute Gasteiger partial charge is 0.0171 e. The Hall–Kier alpha value is -0.720. The summed E-state index contributed by atoms with van der Waals surface area (Å²) in [6.07, 6.45) is 11.1. The number of allylic oxidation sites excluding steroid dienone is 2. The van der Waals surface area contributed by atoms with Crippen molar-refractivity contribution in [3.05, 3.63) is 24.9 Å². The van der Waals surface area contributed by atoms with Gasteiger partial charge in [-0.2, -0.15) is 0 Å². The van der Waals surface area contributed by atoms with E-state index in [-0.39, 0.29) is 0 Å². The monoisotopic (exact) mass is 251 g/mol. The van der Waals surface area contributed by atoms with Crippen molar-refractivity contribution in [3.63, 3.8) is 0 Å². The third kappa shape index (κ3) is 6.28. The molecule has 0 amide bonds. The molecule has 0 aliphatic rings. The number of hydrogen-bond acceptors (Lipinski definition) is 1. The van der Waals surface area contributed by atoms with Gasteiger partial charge in [0, 0.05) is 19.3 Å². The molecule has 0 radical (unpaired) electrons. The second kappa shape index (κ2) is 9.24. The third-order valence-electron chi connectivity index (χ3n) is 3.99. The van der Waals surface area contributed by atoms with Gasteiger partial charge in [0.05, 0.1) is 0 Å². The number of rotatable bonds is 11. The van der Waals surface area contributed by atoms with Gasteiger partial charge < -0.3 is 4.90 Å². The first-order valence-electron chi connectivity index (χ1n) is 7.49. The lowest BCUT2D eigenvalue weighted by Crippen LogP contribution is -2.23. The van der Waals surface area contributed by atoms with Crippen molar-refractivity contribution < 1.29 is 0 Å². The molecule has 0 aromatic carbocycles. The molecular weight excluding hydrogens is 218 g/mol. The fraction of sp³-hybridized carbons (Fsp3) is 0.765. The number of nitrogens with zero attached hydrogens (tertiary/aromatic N) is 1. The van der Waals surface area contributed by atoms with Crippen LogP contribution in [-0.4, -0.2) is 18.5 Å². The van der Waals surface area contributed by atoms with Crippen LogP contribution in [0.15, 0.2) is 24.9 Å². The lowest BCUT2D eigenvalue weighted by molar-refractivity contribution is 0.202. The summed E-state index contributed by atoms with van der Waals surface area (Å²) in [6, 6.07) is 0. The van der Waals surface area contributed by atoms with Crippen LogP contribution in [0, 0.1) is 5.41 Å². The molecule has 0 saturated heterocycles. The Balaban J connectivity index is 4.37. The first kappa shape index (κ1) is 17.3. The summed E-state index contributed by atoms with van der Waals surface area (Å²) in [5, 5.41) is 0. The average Bonchev–Trinajstić information content (AvgIpc) is 2.29. The maximum absolute atomic E-state index is 3.99. The van der Waals surface area contributed by atoms with Crippen molar-refractivity contribution in [2.45, 2.75) is 65.7 Å². The summed E-state index contributed by atoms with van der Waals surface area (Å²) in [6.45, 7) is 15.7. The van der Waals surface area contributed by atoms with E-state index in [0.29, 0.717) is 5.41 Å². The molecule has 1 nitrogen and oxygen atoms in total. The minimum atomic E-state index is 0.501. The van der Waals surface area contributed by atoms with E-state index in [4.69, 9.17) is 0 Å². The molecule has 0 atom stereocenters. The molecule has 18 heavy (non-hydrogen) atoms. The topological polar surface area (TPSA) is 3.24 Å². The second-order valence-electron chi connectivity index (χ2n) is 5.75. The van der Waals surface area contributed by atoms with Gasteiger partial charge in [-0.05, 0) is 44.4 Å². The van der Waals surface area contributed by atoms with Crippen LogP contribution in [0.4, 0.5) is 0 Å². The van der Waals surface area contributed by atoms with Crippen LogP contribution in [0.25, 0.3) is 0 Å². The predicted molar refractivity (Wildman–Crippen MR) is 83.7 cm³/mol. The molecule has 0 fully saturated rings. The van der Waals surface area contributed by atoms with E-state index in [0.717, 1.165) is 12.2 Å². The van der Waals surface area contributed by atoms with Crippen LogP contribution < -0.4 is 0 Å². The zero-order chi connectivity index (χ0) is 14.0. The molecule has 106 valence electrons. The standard InChI is InChI=1S/C17H33N/c1-7-11-17(12-8-2,13-9-3)14-10-15-18(6)16(4)5/h7H,1,4,8-15H2,2-3,5-6H3. The summed E-state index contributed by atoms with van der Waals surface area (Å²) < 4.78 is 0. The van der Waals surface area contributed by atoms with E-state index in [1.54, 1.807) is 0 Å². The van der Waals surface area contributed by atoms with Crippen molar-refractivity contribution >= 4 is 0 Å². The highest BCUT2D eigenvalue weighted by Gasteiger charge is 2.26. The van der Waals surface area contributed by atoms with E-state index in [9.17, 15) is 0 Å². The summed E-state index contributed by atoms with van der Waals surface area (Å²) in [5.74, 6) is 0. The van der Waals surface area contributed by atoms with Gasteiger partial charge in [0.1, 0.15) is 0 Å². The van der Waals surface area contributed by atoms with Crippen molar-refractivity contribution in [1.82, 2.24) is 4.90 Å². The summed E-state index contributed by atoms with van der Waals surface area (Å²) in [5.41, 5.74) is 1.66. The second-order valence-corrected chi connectivity index (χ2v) is 5.75. The Kier molecular flexibility index (Phi) is 8.87. The van der Waals surface area contributed by atoms with Gasteiger partial charge in [-0.1, -0.05) is 39.3 Å². The van der Waals surface area contributed by atoms with Gasteiger partial charge in [-0.15, -0.1) is 6.58 Å². The van der Waals surface area contributed by atoms with Gasteiger partial charge >= 0.3 is 0 Å². The van der Waals surface area contributed by atoms with Gasteiger partial charge in [0.15, 0.2) is 0 Å². The SMILES string of the molecule is C=CCC(CCC)(CCC)CCCN(C)C(=C)C. The average molecular weight is 251 g/mol. The van der Waals surface area contributed by atoms with E-state index < -0.39 is 0 Å². The van der Waals surface area contributed by atoms with Crippen LogP contribution >= 0.6 is 0 Å². The van der Waals surface area contributed by atoms with Gasteiger partial charge in [0.25, 0.3) is 0 Å². The summed E-state index contributed by atoms with van der Waals surface area (Å²) in [4.78, 5) is 2.26. The summed E-state index contributed by atoms with van der Waals surface area (Å²) in [7, 11) is 2.14. The van der Waals surface area contributed by atoms with Gasteiger partial charge in [0.2, 0.25) is 0 Å². The Labute approximate surface area is 115 Å². The molecule has 0 bridgehead atoms. The fourth-order valence-electron chi connectivity index (χ4n) is 2.93. The normalized spacial score (nSPS) is 11.3. The zero-order valence-electron chi connectivity index (χ0n) is 13.1. The lowest BCUT2D eigenvalue weighted by atomic mass is 9.73.